The van der Waals surface area contributed by atoms with Crippen LogP contribution in [0.25, 0.3) is 11.1 Å². The van der Waals surface area contributed by atoms with E-state index >= 15 is 0 Å². The molecule has 4 rings (SSSR count). The highest BCUT2D eigenvalue weighted by Gasteiger charge is 2.27. The lowest BCUT2D eigenvalue weighted by Crippen LogP contribution is -1.98. The molecule has 1 aromatic heterocycles. The summed E-state index contributed by atoms with van der Waals surface area (Å²) in [6.07, 6.45) is 0. The summed E-state index contributed by atoms with van der Waals surface area (Å²) in [5, 5.41) is 1.61. The van der Waals surface area contributed by atoms with E-state index in [0.29, 0.717) is 4.58 Å². The average molecular weight is 406 g/mol. The Labute approximate surface area is 164 Å². The van der Waals surface area contributed by atoms with Crippen LogP contribution in [0.3, 0.4) is 0 Å². The van der Waals surface area contributed by atoms with Gasteiger partial charge in [0.1, 0.15) is 5.75 Å². The topological polar surface area (TPSA) is 35.2 Å². The lowest BCUT2D eigenvalue weighted by Gasteiger charge is -2.22. The van der Waals surface area contributed by atoms with Gasteiger partial charge in [0.25, 0.3) is 0 Å². The number of hydrogen-bond acceptors (Lipinski definition) is 5. The second-order valence-corrected chi connectivity index (χ2v) is 9.91. The minimum Gasteiger partial charge on any atom is -0.497 e. The molecule has 0 spiro atoms. The molecule has 0 saturated heterocycles. The molecule has 0 saturated carbocycles. The van der Waals surface area contributed by atoms with Gasteiger partial charge < -0.3 is 10.5 Å². The number of methoxy groups -OCH3 is 1. The van der Waals surface area contributed by atoms with Gasteiger partial charge in [-0.25, -0.2) is 0 Å². The fourth-order valence-electron chi connectivity index (χ4n) is 2.87. The second-order valence-electron chi connectivity index (χ2n) is 5.65. The van der Waals surface area contributed by atoms with Crippen LogP contribution < -0.4 is 10.5 Å². The van der Waals surface area contributed by atoms with Gasteiger partial charge in [0.15, 0.2) is 0 Å². The first-order valence-electron chi connectivity index (χ1n) is 7.75. The van der Waals surface area contributed by atoms with Gasteiger partial charge in [-0.1, -0.05) is 47.6 Å². The molecule has 25 heavy (non-hydrogen) atoms. The van der Waals surface area contributed by atoms with Crippen LogP contribution in [-0.2, 0) is 5.75 Å². The van der Waals surface area contributed by atoms with Crippen molar-refractivity contribution >= 4 is 51.5 Å². The number of rotatable bonds is 3. The first kappa shape index (κ1) is 17.2. The van der Waals surface area contributed by atoms with Gasteiger partial charge in [0.2, 0.25) is 0 Å². The number of benzene rings is 2. The van der Waals surface area contributed by atoms with Crippen molar-refractivity contribution in [2.24, 2.45) is 0 Å². The van der Waals surface area contributed by atoms with E-state index in [1.165, 1.54) is 15.3 Å². The molecule has 0 radical (unpaired) electrons. The first-order chi connectivity index (χ1) is 12.2. The number of anilines is 1. The smallest absolute Gasteiger partial charge is 0.118 e. The highest BCUT2D eigenvalue weighted by molar-refractivity contribution is 8.17. The predicted octanol–water partition coefficient (Wildman–Crippen LogP) is 6.70. The molecule has 1 unspecified atom stereocenters. The van der Waals surface area contributed by atoms with Crippen LogP contribution in [0.4, 0.5) is 5.00 Å². The van der Waals surface area contributed by atoms with E-state index in [1.807, 2.05) is 53.9 Å². The second kappa shape index (κ2) is 7.16. The van der Waals surface area contributed by atoms with Crippen molar-refractivity contribution < 1.29 is 4.74 Å². The molecule has 3 aromatic rings. The van der Waals surface area contributed by atoms with Gasteiger partial charge >= 0.3 is 0 Å². The summed E-state index contributed by atoms with van der Waals surface area (Å²) in [5.41, 5.74) is 11.3. The molecule has 2 nitrogen and oxygen atoms in total. The summed E-state index contributed by atoms with van der Waals surface area (Å²) in [6, 6.07) is 16.3. The van der Waals surface area contributed by atoms with E-state index < -0.39 is 0 Å². The van der Waals surface area contributed by atoms with E-state index in [2.05, 4.69) is 18.2 Å². The Morgan fingerprint density at radius 2 is 1.96 bits per heavy atom. The minimum absolute atomic E-state index is 0.378. The molecule has 0 bridgehead atoms. The fourth-order valence-corrected chi connectivity index (χ4v) is 7.54. The quantitative estimate of drug-likeness (QED) is 0.526. The largest absolute Gasteiger partial charge is 0.497 e. The van der Waals surface area contributed by atoms with Gasteiger partial charge in [0, 0.05) is 16.3 Å². The maximum atomic E-state index is 6.36. The van der Waals surface area contributed by atoms with E-state index in [4.69, 9.17) is 22.1 Å². The summed E-state index contributed by atoms with van der Waals surface area (Å²) in [7, 11) is 1.69. The summed E-state index contributed by atoms with van der Waals surface area (Å²) in [6.45, 7) is 0. The molecule has 128 valence electrons. The normalized spacial score (nSPS) is 16.5. The van der Waals surface area contributed by atoms with Crippen LogP contribution in [0.15, 0.2) is 52.7 Å². The molecule has 1 aliphatic rings. The Morgan fingerprint density at radius 1 is 1.16 bits per heavy atom. The zero-order valence-corrected chi connectivity index (χ0v) is 16.7. The van der Waals surface area contributed by atoms with Gasteiger partial charge in [-0.2, -0.15) is 0 Å². The molecule has 2 aromatic carbocycles. The zero-order valence-electron chi connectivity index (χ0n) is 13.5. The van der Waals surface area contributed by atoms with Crippen molar-refractivity contribution in [3.05, 3.63) is 64.7 Å². The number of ether oxygens (including phenoxy) is 1. The Kier molecular flexibility index (Phi) is 4.91. The van der Waals surface area contributed by atoms with E-state index in [9.17, 15) is 0 Å². The summed E-state index contributed by atoms with van der Waals surface area (Å²) in [5.74, 6) is 1.84. The molecule has 0 aliphatic carbocycles. The number of nitrogens with two attached hydrogens (primary N) is 1. The Hall–Kier alpha value is -1.27. The first-order valence-corrected chi connectivity index (χ1v) is 10.9. The summed E-state index contributed by atoms with van der Waals surface area (Å²) >= 11 is 11.7. The van der Waals surface area contributed by atoms with Crippen LogP contribution in [0.2, 0.25) is 5.02 Å². The average Bonchev–Trinajstić information content (AvgIpc) is 2.96. The fraction of sp³-hybridized carbons (Fsp3) is 0.158. The molecular formula is C19H16ClNOS3. The van der Waals surface area contributed by atoms with Crippen molar-refractivity contribution in [2.75, 3.05) is 12.8 Å². The number of fused-ring (bicyclic) bond motifs is 1. The van der Waals surface area contributed by atoms with Gasteiger partial charge in [-0.3, -0.25) is 0 Å². The third-order valence-corrected chi connectivity index (χ3v) is 8.40. The molecule has 2 heterocycles. The molecule has 1 aliphatic heterocycles. The zero-order chi connectivity index (χ0) is 17.4. The Balaban J connectivity index is 1.65. The molecule has 6 heteroatoms. The van der Waals surface area contributed by atoms with Crippen molar-refractivity contribution in [3.63, 3.8) is 0 Å². The summed E-state index contributed by atoms with van der Waals surface area (Å²) < 4.78 is 6.94. The van der Waals surface area contributed by atoms with Gasteiger partial charge in [0.05, 0.1) is 20.9 Å². The molecule has 1 atom stereocenters. The summed E-state index contributed by atoms with van der Waals surface area (Å²) in [4.78, 5) is 0. The van der Waals surface area contributed by atoms with Crippen molar-refractivity contribution in [1.29, 1.82) is 0 Å². The lowest BCUT2D eigenvalue weighted by atomic mass is 10.0. The SMILES string of the molecule is COc1ccc(C2SCc3c(sc(N)c3-c3cccc(Cl)c3)S2)cc1. The third-order valence-electron chi connectivity index (χ3n) is 4.09. The predicted molar refractivity (Wildman–Crippen MR) is 112 cm³/mol. The van der Waals surface area contributed by atoms with Crippen LogP contribution in [0, 0.1) is 0 Å². The van der Waals surface area contributed by atoms with Crippen molar-refractivity contribution in [3.8, 4) is 16.9 Å². The number of nitrogen functional groups attached to an aromatic ring is 1. The van der Waals surface area contributed by atoms with Crippen LogP contribution in [0.1, 0.15) is 15.7 Å². The van der Waals surface area contributed by atoms with Gasteiger partial charge in [-0.15, -0.1) is 23.1 Å². The number of halogens is 1. The standard InChI is InChI=1S/C19H16ClNOS3/c1-22-14-7-5-11(6-8-14)18-23-10-15-16(17(21)24-19(15)25-18)12-3-2-4-13(20)9-12/h2-9,18H,10,21H2,1H3. The van der Waals surface area contributed by atoms with Crippen LogP contribution in [0.5, 0.6) is 5.75 Å². The number of thiophene rings is 1. The monoisotopic (exact) mass is 405 g/mol. The lowest BCUT2D eigenvalue weighted by molar-refractivity contribution is 0.414. The molecule has 0 fully saturated rings. The van der Waals surface area contributed by atoms with E-state index in [1.54, 1.807) is 18.4 Å². The Morgan fingerprint density at radius 3 is 2.68 bits per heavy atom. The van der Waals surface area contributed by atoms with Gasteiger partial charge in [-0.05, 0) is 41.0 Å². The minimum atomic E-state index is 0.378. The maximum absolute atomic E-state index is 6.36. The third kappa shape index (κ3) is 3.38. The van der Waals surface area contributed by atoms with E-state index in [0.717, 1.165) is 32.7 Å². The highest BCUT2D eigenvalue weighted by atomic mass is 35.5. The number of thioether (sulfide) groups is 2. The molecular weight excluding hydrogens is 390 g/mol. The highest BCUT2D eigenvalue weighted by Crippen LogP contribution is 2.57. The van der Waals surface area contributed by atoms with Crippen molar-refractivity contribution in [2.45, 2.75) is 14.5 Å². The maximum Gasteiger partial charge on any atom is 0.118 e. The van der Waals surface area contributed by atoms with Crippen molar-refractivity contribution in [1.82, 2.24) is 0 Å². The number of hydrogen-bond donors (Lipinski definition) is 1. The molecule has 2 N–H and O–H groups in total. The van der Waals surface area contributed by atoms with Crippen LogP contribution in [-0.4, -0.2) is 7.11 Å². The van der Waals surface area contributed by atoms with Crippen LogP contribution >= 0.6 is 46.5 Å². The Bertz CT molecular complexity index is 908. The van der Waals surface area contributed by atoms with E-state index in [-0.39, 0.29) is 0 Å². The molecule has 0 amide bonds.